The van der Waals surface area contributed by atoms with E-state index in [4.69, 9.17) is 26.8 Å². The number of aliphatic hydroxyl groups is 1. The summed E-state index contributed by atoms with van der Waals surface area (Å²) in [5, 5.41) is 11.3. The molecule has 2 aromatic carbocycles. The SMILES string of the molecule is COc1ccc(C(C)(O)CCC(=O)c2ccc(OCC(N)=O)c(Cl)c2)nc1-c1ccc(F)c(C)c1. The summed E-state index contributed by atoms with van der Waals surface area (Å²) in [4.78, 5) is 28.2. The van der Waals surface area contributed by atoms with Crippen LogP contribution in [0.25, 0.3) is 11.3 Å². The second-order valence-corrected chi connectivity index (χ2v) is 8.72. The van der Waals surface area contributed by atoms with Gasteiger partial charge in [0.15, 0.2) is 12.4 Å². The number of Topliss-reactive ketones (excluding diaryl/α,β-unsaturated/α-hetero) is 1. The van der Waals surface area contributed by atoms with Gasteiger partial charge in [0.1, 0.15) is 28.6 Å². The molecule has 0 saturated carbocycles. The Morgan fingerprint density at radius 1 is 1.14 bits per heavy atom. The van der Waals surface area contributed by atoms with Gasteiger partial charge < -0.3 is 20.3 Å². The summed E-state index contributed by atoms with van der Waals surface area (Å²) in [5.41, 5.74) is 5.86. The Bertz CT molecular complexity index is 1260. The van der Waals surface area contributed by atoms with Crippen LogP contribution in [0.1, 0.15) is 41.4 Å². The number of hydrogen-bond acceptors (Lipinski definition) is 6. The average Bonchev–Trinajstić information content (AvgIpc) is 2.83. The van der Waals surface area contributed by atoms with Gasteiger partial charge in [-0.05, 0) is 74.4 Å². The van der Waals surface area contributed by atoms with Gasteiger partial charge in [0.05, 0.1) is 17.8 Å². The summed E-state index contributed by atoms with van der Waals surface area (Å²) in [6.45, 7) is 2.90. The highest BCUT2D eigenvalue weighted by Crippen LogP contribution is 2.34. The maximum Gasteiger partial charge on any atom is 0.255 e. The van der Waals surface area contributed by atoms with Gasteiger partial charge in [0.25, 0.3) is 5.91 Å². The second kappa shape index (κ2) is 10.8. The van der Waals surface area contributed by atoms with Crippen LogP contribution < -0.4 is 15.2 Å². The van der Waals surface area contributed by atoms with E-state index in [1.807, 2.05) is 0 Å². The number of aromatic nitrogens is 1. The fraction of sp³-hybridized carbons (Fsp3) is 0.269. The highest BCUT2D eigenvalue weighted by Gasteiger charge is 2.27. The molecule has 1 amide bonds. The molecule has 0 aliphatic heterocycles. The minimum atomic E-state index is -1.43. The van der Waals surface area contributed by atoms with E-state index in [1.54, 1.807) is 38.1 Å². The molecule has 3 N–H and O–H groups in total. The smallest absolute Gasteiger partial charge is 0.255 e. The molecule has 0 aliphatic rings. The Labute approximate surface area is 207 Å². The van der Waals surface area contributed by atoms with Crippen molar-refractivity contribution in [1.82, 2.24) is 4.98 Å². The van der Waals surface area contributed by atoms with Crippen molar-refractivity contribution in [1.29, 1.82) is 0 Å². The zero-order chi connectivity index (χ0) is 25.8. The average molecular weight is 501 g/mol. The fourth-order valence-electron chi connectivity index (χ4n) is 3.48. The summed E-state index contributed by atoms with van der Waals surface area (Å²) < 4.78 is 24.3. The molecule has 7 nitrogen and oxygen atoms in total. The molecule has 1 heterocycles. The summed E-state index contributed by atoms with van der Waals surface area (Å²) >= 11 is 6.14. The molecule has 9 heteroatoms. The van der Waals surface area contributed by atoms with Crippen molar-refractivity contribution in [2.75, 3.05) is 13.7 Å². The van der Waals surface area contributed by atoms with E-state index in [1.165, 1.54) is 31.4 Å². The Balaban J connectivity index is 1.77. The maximum absolute atomic E-state index is 13.7. The van der Waals surface area contributed by atoms with Gasteiger partial charge in [-0.1, -0.05) is 11.6 Å². The summed E-state index contributed by atoms with van der Waals surface area (Å²) in [6, 6.07) is 12.4. The second-order valence-electron chi connectivity index (χ2n) is 8.31. The van der Waals surface area contributed by atoms with Gasteiger partial charge in [-0.15, -0.1) is 0 Å². The number of amides is 1. The lowest BCUT2D eigenvalue weighted by Gasteiger charge is -2.24. The molecule has 0 aliphatic carbocycles. The van der Waals surface area contributed by atoms with E-state index in [9.17, 15) is 19.1 Å². The predicted octanol–water partition coefficient (Wildman–Crippen LogP) is 4.59. The van der Waals surface area contributed by atoms with E-state index in [0.717, 1.165) is 0 Å². The van der Waals surface area contributed by atoms with Crippen LogP contribution in [0.5, 0.6) is 11.5 Å². The third-order valence-electron chi connectivity index (χ3n) is 5.52. The minimum absolute atomic E-state index is 0.0174. The van der Waals surface area contributed by atoms with Crippen LogP contribution in [0.4, 0.5) is 4.39 Å². The number of carbonyl (C=O) groups is 2. The molecule has 184 valence electrons. The topological polar surface area (TPSA) is 112 Å². The van der Waals surface area contributed by atoms with Crippen LogP contribution in [0, 0.1) is 12.7 Å². The number of ether oxygens (including phenoxy) is 2. The van der Waals surface area contributed by atoms with E-state index in [2.05, 4.69) is 4.98 Å². The van der Waals surface area contributed by atoms with Gasteiger partial charge in [-0.25, -0.2) is 9.37 Å². The van der Waals surface area contributed by atoms with Crippen molar-refractivity contribution in [3.05, 3.63) is 76.2 Å². The van der Waals surface area contributed by atoms with Crippen molar-refractivity contribution >= 4 is 23.3 Å². The van der Waals surface area contributed by atoms with Crippen LogP contribution in [0.2, 0.25) is 5.02 Å². The van der Waals surface area contributed by atoms with Crippen LogP contribution in [-0.4, -0.2) is 35.5 Å². The first-order chi connectivity index (χ1) is 16.5. The minimum Gasteiger partial charge on any atom is -0.494 e. The molecular formula is C26H26ClFN2O5. The number of benzene rings is 2. The number of carbonyl (C=O) groups excluding carboxylic acids is 2. The quantitative estimate of drug-likeness (QED) is 0.394. The van der Waals surface area contributed by atoms with Crippen molar-refractivity contribution in [3.63, 3.8) is 0 Å². The molecule has 1 unspecified atom stereocenters. The number of nitrogens with zero attached hydrogens (tertiary/aromatic N) is 1. The molecule has 0 fully saturated rings. The molecule has 0 spiro atoms. The van der Waals surface area contributed by atoms with Crippen LogP contribution in [0.15, 0.2) is 48.5 Å². The zero-order valence-corrected chi connectivity index (χ0v) is 20.4. The largest absolute Gasteiger partial charge is 0.494 e. The molecule has 0 saturated heterocycles. The fourth-order valence-corrected chi connectivity index (χ4v) is 3.71. The lowest BCUT2D eigenvalue weighted by Crippen LogP contribution is -2.24. The van der Waals surface area contributed by atoms with E-state index in [-0.39, 0.29) is 41.8 Å². The molecular weight excluding hydrogens is 475 g/mol. The number of hydrogen-bond donors (Lipinski definition) is 2. The number of aryl methyl sites for hydroxylation is 1. The van der Waals surface area contributed by atoms with E-state index < -0.39 is 11.5 Å². The van der Waals surface area contributed by atoms with Crippen molar-refractivity contribution in [2.24, 2.45) is 5.73 Å². The monoisotopic (exact) mass is 500 g/mol. The summed E-state index contributed by atoms with van der Waals surface area (Å²) in [6.07, 6.45) is 0.105. The molecule has 0 bridgehead atoms. The molecule has 35 heavy (non-hydrogen) atoms. The zero-order valence-electron chi connectivity index (χ0n) is 19.6. The first-order valence-electron chi connectivity index (χ1n) is 10.8. The Morgan fingerprint density at radius 2 is 1.86 bits per heavy atom. The number of methoxy groups -OCH3 is 1. The van der Waals surface area contributed by atoms with Gasteiger partial charge in [0, 0.05) is 17.5 Å². The number of halogens is 2. The first kappa shape index (κ1) is 26.1. The molecule has 3 aromatic rings. The Hall–Kier alpha value is -3.49. The van der Waals surface area contributed by atoms with Gasteiger partial charge in [0.2, 0.25) is 0 Å². The third-order valence-corrected chi connectivity index (χ3v) is 5.82. The number of ketones is 1. The number of pyridine rings is 1. The van der Waals surface area contributed by atoms with Gasteiger partial charge in [-0.3, -0.25) is 9.59 Å². The standard InChI is InChI=1S/C26H26ClFN2O5/c1-15-12-17(4-6-19(15)28)25-22(34-3)8-9-23(30-25)26(2,33)11-10-20(31)16-5-7-21(18(27)13-16)35-14-24(29)32/h4-9,12-13,33H,10-11,14H2,1-3H3,(H2,29,32). The molecule has 1 aromatic heterocycles. The summed E-state index contributed by atoms with van der Waals surface area (Å²) in [5.74, 6) is -0.508. The Kier molecular flexibility index (Phi) is 8.09. The highest BCUT2D eigenvalue weighted by atomic mass is 35.5. The molecule has 1 atom stereocenters. The Morgan fingerprint density at radius 3 is 2.49 bits per heavy atom. The normalized spacial score (nSPS) is 12.6. The van der Waals surface area contributed by atoms with Crippen molar-refractivity contribution in [2.45, 2.75) is 32.3 Å². The number of rotatable bonds is 10. The van der Waals surface area contributed by atoms with Gasteiger partial charge in [-0.2, -0.15) is 0 Å². The van der Waals surface area contributed by atoms with Crippen LogP contribution in [-0.2, 0) is 10.4 Å². The predicted molar refractivity (Wildman–Crippen MR) is 130 cm³/mol. The molecule has 0 radical (unpaired) electrons. The van der Waals surface area contributed by atoms with Crippen molar-refractivity contribution < 1.29 is 28.6 Å². The van der Waals surface area contributed by atoms with Gasteiger partial charge >= 0.3 is 0 Å². The summed E-state index contributed by atoms with van der Waals surface area (Å²) in [7, 11) is 1.50. The van der Waals surface area contributed by atoms with Crippen LogP contribution in [0.3, 0.4) is 0 Å². The van der Waals surface area contributed by atoms with Crippen molar-refractivity contribution in [3.8, 4) is 22.8 Å². The van der Waals surface area contributed by atoms with Crippen LogP contribution >= 0.6 is 11.6 Å². The maximum atomic E-state index is 13.7. The van der Waals surface area contributed by atoms with E-state index in [0.29, 0.717) is 33.8 Å². The first-order valence-corrected chi connectivity index (χ1v) is 11.2. The number of primary amides is 1. The lowest BCUT2D eigenvalue weighted by molar-refractivity contribution is -0.119. The molecule has 3 rings (SSSR count). The number of nitrogens with two attached hydrogens (primary N) is 1. The van der Waals surface area contributed by atoms with E-state index >= 15 is 0 Å². The lowest BCUT2D eigenvalue weighted by atomic mass is 9.92. The third kappa shape index (κ3) is 6.35. The highest BCUT2D eigenvalue weighted by molar-refractivity contribution is 6.32.